The Labute approximate surface area is 220 Å². The zero-order valence-corrected chi connectivity index (χ0v) is 21.0. The first-order chi connectivity index (χ1) is 18.1. The minimum absolute atomic E-state index is 0.182. The molecule has 0 aromatic carbocycles. The highest BCUT2D eigenvalue weighted by Crippen LogP contribution is 2.26. The molecule has 39 heavy (non-hydrogen) atoms. The van der Waals surface area contributed by atoms with Crippen molar-refractivity contribution in [2.45, 2.75) is 75.8 Å². The summed E-state index contributed by atoms with van der Waals surface area (Å²) in [7, 11) is 0. The van der Waals surface area contributed by atoms with Gasteiger partial charge in [-0.1, -0.05) is 12.8 Å². The highest BCUT2D eigenvalue weighted by Gasteiger charge is 2.45. The van der Waals surface area contributed by atoms with Crippen molar-refractivity contribution in [1.82, 2.24) is 16.0 Å². The number of rotatable bonds is 13. The average molecular weight is 571 g/mol. The van der Waals surface area contributed by atoms with E-state index in [-0.39, 0.29) is 6.54 Å². The van der Waals surface area contributed by atoms with Gasteiger partial charge in [0.15, 0.2) is 5.96 Å². The van der Waals surface area contributed by atoms with E-state index in [1.807, 2.05) is 0 Å². The Kier molecular flexibility index (Phi) is 12.9. The number of aliphatic hydroxyl groups is 2. The summed E-state index contributed by atoms with van der Waals surface area (Å²) in [5.41, 5.74) is 10.7. The molecule has 15 nitrogen and oxygen atoms in total. The molecular weight excluding hydrogens is 537 g/mol. The van der Waals surface area contributed by atoms with Crippen molar-refractivity contribution in [3.05, 3.63) is 11.8 Å². The van der Waals surface area contributed by atoms with Gasteiger partial charge in [0.05, 0.1) is 12.1 Å². The lowest BCUT2D eigenvalue weighted by Crippen LogP contribution is -2.60. The molecule has 0 aliphatic carbocycles. The van der Waals surface area contributed by atoms with Crippen LogP contribution in [0.5, 0.6) is 0 Å². The van der Waals surface area contributed by atoms with E-state index in [0.717, 1.165) is 32.3 Å². The summed E-state index contributed by atoms with van der Waals surface area (Å²) in [5, 5.41) is 34.8. The van der Waals surface area contributed by atoms with E-state index in [4.69, 9.17) is 21.6 Å². The lowest BCUT2D eigenvalue weighted by Gasteiger charge is -2.38. The van der Waals surface area contributed by atoms with Crippen molar-refractivity contribution in [3.63, 3.8) is 0 Å². The summed E-state index contributed by atoms with van der Waals surface area (Å²) in [6, 6.07) is -2.44. The molecule has 1 rings (SSSR count). The molecular formula is C21H33F3N6O9. The molecule has 1 aliphatic rings. The molecule has 2 amide bonds. The Balaban J connectivity index is 2.96. The Bertz CT molecular complexity index is 929. The van der Waals surface area contributed by atoms with E-state index in [0.29, 0.717) is 13.0 Å². The van der Waals surface area contributed by atoms with Crippen LogP contribution in [-0.4, -0.2) is 83.5 Å². The maximum atomic E-state index is 12.5. The second-order valence-electron chi connectivity index (χ2n) is 8.47. The molecule has 0 saturated carbocycles. The van der Waals surface area contributed by atoms with Crippen molar-refractivity contribution in [1.29, 1.82) is 5.41 Å². The zero-order valence-electron chi connectivity index (χ0n) is 21.0. The monoisotopic (exact) mass is 570 g/mol. The second kappa shape index (κ2) is 15.1. The van der Waals surface area contributed by atoms with Gasteiger partial charge in [0.25, 0.3) is 0 Å². The number of unbranched alkanes of at least 4 members (excludes halogenated alkanes) is 3. The first-order valence-corrected chi connectivity index (χ1v) is 11.8. The molecule has 1 aliphatic heterocycles. The van der Waals surface area contributed by atoms with Crippen molar-refractivity contribution < 1.29 is 56.8 Å². The number of alkyl halides is 3. The minimum Gasteiger partial charge on any atom is -0.481 e. The van der Waals surface area contributed by atoms with Gasteiger partial charge in [0, 0.05) is 19.9 Å². The molecule has 0 spiro atoms. The number of ether oxygens (including phenoxy) is 3. The molecule has 0 saturated heterocycles. The van der Waals surface area contributed by atoms with E-state index in [1.165, 1.54) is 0 Å². The van der Waals surface area contributed by atoms with Crippen molar-refractivity contribution in [3.8, 4) is 0 Å². The van der Waals surface area contributed by atoms with Gasteiger partial charge in [0.2, 0.25) is 11.7 Å². The fourth-order valence-corrected chi connectivity index (χ4v) is 3.43. The second-order valence-corrected chi connectivity index (χ2v) is 8.47. The van der Waals surface area contributed by atoms with E-state index < -0.39 is 78.8 Å². The van der Waals surface area contributed by atoms with Gasteiger partial charge in [-0.25, -0.2) is 14.4 Å². The molecule has 3 atom stereocenters. The number of hydrogen-bond acceptors (Lipinski definition) is 11. The van der Waals surface area contributed by atoms with Crippen LogP contribution in [0.3, 0.4) is 0 Å². The van der Waals surface area contributed by atoms with Crippen molar-refractivity contribution in [2.24, 2.45) is 11.5 Å². The molecule has 0 bridgehead atoms. The topological polar surface area (TPSA) is 248 Å². The number of nitrogens with two attached hydrogens (primary N) is 2. The number of nitrogens with one attached hydrogen (secondary N) is 4. The van der Waals surface area contributed by atoms with Crippen molar-refractivity contribution in [2.75, 3.05) is 13.1 Å². The average Bonchev–Trinajstić information content (AvgIpc) is 2.79. The van der Waals surface area contributed by atoms with Crippen LogP contribution >= 0.6 is 0 Å². The minimum atomic E-state index is -5.49. The lowest BCUT2D eigenvalue weighted by atomic mass is 9.94. The fourth-order valence-electron chi connectivity index (χ4n) is 3.43. The number of esters is 2. The Morgan fingerprint density at radius 2 is 1.77 bits per heavy atom. The number of amides is 2. The summed E-state index contributed by atoms with van der Waals surface area (Å²) in [4.78, 5) is 46.9. The van der Waals surface area contributed by atoms with Crippen LogP contribution < -0.4 is 27.4 Å². The molecule has 0 unspecified atom stereocenters. The van der Waals surface area contributed by atoms with Crippen LogP contribution in [0.25, 0.3) is 0 Å². The maximum Gasteiger partial charge on any atom is 0.491 e. The maximum absolute atomic E-state index is 12.5. The number of carbonyl (C=O) groups excluding carboxylic acids is 4. The standard InChI is InChI=1S/C21H33F3N6O9/c1-11(31)29-15-12(30-18(26)27)10-14(16(32)38-17(33)21(22,23)24)37-13(15)6-7-20(35,36)39-19(34)28-9-5-3-2-4-8-25/h10,12-13,15,35-36H,2-9,25H2,1H3,(H,28,34)(H,29,31)(H4,26,27,30)/t12-,13+,15+/m0/s1. The number of carbonyl (C=O) groups is 4. The largest absolute Gasteiger partial charge is 0.491 e. The van der Waals surface area contributed by atoms with Crippen LogP contribution in [0.4, 0.5) is 18.0 Å². The quantitative estimate of drug-likeness (QED) is 0.0329. The summed E-state index contributed by atoms with van der Waals surface area (Å²) < 4.78 is 51.2. The summed E-state index contributed by atoms with van der Waals surface area (Å²) >= 11 is 0. The Morgan fingerprint density at radius 3 is 2.33 bits per heavy atom. The predicted octanol–water partition coefficient (Wildman–Crippen LogP) is -1.08. The first-order valence-electron chi connectivity index (χ1n) is 11.8. The number of alkyl carbamates (subject to hydrolysis) is 1. The molecule has 0 aromatic heterocycles. The van der Waals surface area contributed by atoms with Crippen LogP contribution in [0.15, 0.2) is 11.8 Å². The van der Waals surface area contributed by atoms with Gasteiger partial charge < -0.3 is 51.8 Å². The highest BCUT2D eigenvalue weighted by atomic mass is 19.4. The third-order valence-electron chi connectivity index (χ3n) is 5.12. The van der Waals surface area contributed by atoms with Crippen LogP contribution in [0.2, 0.25) is 0 Å². The van der Waals surface area contributed by atoms with Gasteiger partial charge in [0.1, 0.15) is 6.10 Å². The van der Waals surface area contributed by atoms with Crippen LogP contribution in [0.1, 0.15) is 45.4 Å². The van der Waals surface area contributed by atoms with E-state index >= 15 is 0 Å². The number of halogens is 3. The van der Waals surface area contributed by atoms with Crippen LogP contribution in [0, 0.1) is 5.41 Å². The van der Waals surface area contributed by atoms with Gasteiger partial charge in [-0.15, -0.1) is 0 Å². The van der Waals surface area contributed by atoms with E-state index in [9.17, 15) is 42.6 Å². The number of hydrogen-bond donors (Lipinski definition) is 8. The smallest absolute Gasteiger partial charge is 0.481 e. The van der Waals surface area contributed by atoms with Crippen LogP contribution in [-0.2, 0) is 28.6 Å². The molecule has 0 fully saturated rings. The van der Waals surface area contributed by atoms with Gasteiger partial charge >= 0.3 is 30.2 Å². The highest BCUT2D eigenvalue weighted by molar-refractivity contribution is 5.96. The van der Waals surface area contributed by atoms with Gasteiger partial charge in [-0.3, -0.25) is 10.2 Å². The van der Waals surface area contributed by atoms with Crippen molar-refractivity contribution >= 4 is 29.9 Å². The Hall–Kier alpha value is -3.64. The van der Waals surface area contributed by atoms with E-state index in [1.54, 1.807) is 0 Å². The molecule has 10 N–H and O–H groups in total. The molecule has 1 heterocycles. The third-order valence-corrected chi connectivity index (χ3v) is 5.12. The summed E-state index contributed by atoms with van der Waals surface area (Å²) in [6.45, 7) is 1.82. The lowest BCUT2D eigenvalue weighted by molar-refractivity contribution is -0.312. The van der Waals surface area contributed by atoms with Gasteiger partial charge in [-0.05, 0) is 31.9 Å². The molecule has 0 radical (unpaired) electrons. The molecule has 18 heteroatoms. The third kappa shape index (κ3) is 12.6. The number of guanidine groups is 1. The fraction of sp³-hybridized carbons (Fsp3) is 0.667. The van der Waals surface area contributed by atoms with Gasteiger partial charge in [-0.2, -0.15) is 13.2 Å². The molecule has 0 aromatic rings. The first kappa shape index (κ1) is 33.4. The zero-order chi connectivity index (χ0) is 29.8. The molecule has 222 valence electrons. The Morgan fingerprint density at radius 1 is 1.13 bits per heavy atom. The SMILES string of the molecule is CC(=O)N[C@@H]1[C@@H](NC(=N)N)C=C(C(=O)OC(=O)C(F)(F)F)O[C@@H]1CCC(O)(O)OC(=O)NCCCCCCN. The summed E-state index contributed by atoms with van der Waals surface area (Å²) in [6.07, 6.45) is -5.47. The summed E-state index contributed by atoms with van der Waals surface area (Å²) in [5.74, 6) is -9.97. The predicted molar refractivity (Wildman–Crippen MR) is 125 cm³/mol. The van der Waals surface area contributed by atoms with E-state index in [2.05, 4.69) is 25.4 Å². The normalized spacial score (nSPS) is 19.2.